The topological polar surface area (TPSA) is 69.9 Å². The number of fused-ring (bicyclic) bond motifs is 1. The maximum atomic E-state index is 14.0. The monoisotopic (exact) mass is 604 g/mol. The third-order valence-corrected chi connectivity index (χ3v) is 8.51. The Morgan fingerprint density at radius 3 is 2.49 bits per heavy atom. The number of carbonyl (C=O) groups excluding carboxylic acids is 1. The molecule has 0 aliphatic carbocycles. The van der Waals surface area contributed by atoms with E-state index in [1.54, 1.807) is 37.1 Å². The Hall–Kier alpha value is -3.59. The van der Waals surface area contributed by atoms with Crippen molar-refractivity contribution in [3.05, 3.63) is 125 Å². The van der Waals surface area contributed by atoms with Crippen molar-refractivity contribution in [3.8, 4) is 5.75 Å². The average molecular weight is 605 g/mol. The molecular formula is C32H29ClN2O4S2. The minimum atomic E-state index is -0.660. The summed E-state index contributed by atoms with van der Waals surface area (Å²) in [7, 11) is 0. The van der Waals surface area contributed by atoms with Gasteiger partial charge in [0.2, 0.25) is 0 Å². The SMILES string of the molecule is CSc1ccc([C@H]2C(C(=O)OC(C)C)=C(C)N=c3s/c(=C/c4ccccc4OCc4ccc(Cl)cc4)c(=O)n32)cc1. The molecule has 1 aromatic heterocycles. The Bertz CT molecular complexity index is 1790. The normalized spacial score (nSPS) is 15.1. The van der Waals surface area contributed by atoms with E-state index in [1.165, 1.54) is 11.3 Å². The number of hydrogen-bond acceptors (Lipinski definition) is 7. The molecule has 1 aliphatic rings. The Kier molecular flexibility index (Phi) is 8.82. The van der Waals surface area contributed by atoms with Gasteiger partial charge in [-0.3, -0.25) is 9.36 Å². The first-order valence-electron chi connectivity index (χ1n) is 13.1. The highest BCUT2D eigenvalue weighted by Crippen LogP contribution is 2.32. The summed E-state index contributed by atoms with van der Waals surface area (Å²) < 4.78 is 13.8. The highest BCUT2D eigenvalue weighted by Gasteiger charge is 2.33. The van der Waals surface area contributed by atoms with Gasteiger partial charge in [-0.05, 0) is 74.6 Å². The summed E-state index contributed by atoms with van der Waals surface area (Å²) in [6.45, 7) is 5.75. The number of halogens is 1. The first kappa shape index (κ1) is 28.9. The molecule has 0 unspecified atom stereocenters. The molecule has 0 fully saturated rings. The lowest BCUT2D eigenvalue weighted by molar-refractivity contribution is -0.143. The molecule has 210 valence electrons. The fourth-order valence-corrected chi connectivity index (χ4v) is 6.15. The summed E-state index contributed by atoms with van der Waals surface area (Å²) in [5.41, 5.74) is 3.22. The van der Waals surface area contributed by atoms with E-state index in [1.807, 2.05) is 85.1 Å². The van der Waals surface area contributed by atoms with Crippen LogP contribution in [-0.2, 0) is 16.1 Å². The zero-order valence-electron chi connectivity index (χ0n) is 23.1. The fraction of sp³-hybridized carbons (Fsp3) is 0.219. The van der Waals surface area contributed by atoms with Crippen LogP contribution in [0, 0.1) is 0 Å². The molecule has 0 saturated heterocycles. The van der Waals surface area contributed by atoms with Crippen LogP contribution in [0.3, 0.4) is 0 Å². The number of esters is 1. The second-order valence-electron chi connectivity index (χ2n) is 9.76. The minimum Gasteiger partial charge on any atom is -0.488 e. The summed E-state index contributed by atoms with van der Waals surface area (Å²) >= 11 is 8.92. The van der Waals surface area contributed by atoms with E-state index in [9.17, 15) is 9.59 Å². The maximum Gasteiger partial charge on any atom is 0.338 e. The molecule has 4 aromatic rings. The van der Waals surface area contributed by atoms with Crippen molar-refractivity contribution < 1.29 is 14.3 Å². The molecule has 41 heavy (non-hydrogen) atoms. The van der Waals surface area contributed by atoms with Gasteiger partial charge < -0.3 is 9.47 Å². The van der Waals surface area contributed by atoms with E-state index in [4.69, 9.17) is 21.1 Å². The first-order chi connectivity index (χ1) is 19.7. The van der Waals surface area contributed by atoms with Crippen LogP contribution in [0.2, 0.25) is 5.02 Å². The molecule has 3 aromatic carbocycles. The van der Waals surface area contributed by atoms with Crippen molar-refractivity contribution in [1.29, 1.82) is 0 Å². The van der Waals surface area contributed by atoms with Crippen molar-refractivity contribution in [2.24, 2.45) is 4.99 Å². The Labute approximate surface area is 251 Å². The van der Waals surface area contributed by atoms with Crippen molar-refractivity contribution in [2.75, 3.05) is 6.26 Å². The van der Waals surface area contributed by atoms with Gasteiger partial charge in [0.1, 0.15) is 12.4 Å². The minimum absolute atomic E-state index is 0.234. The van der Waals surface area contributed by atoms with E-state index in [0.29, 0.717) is 38.0 Å². The first-order valence-corrected chi connectivity index (χ1v) is 15.5. The Morgan fingerprint density at radius 2 is 1.80 bits per heavy atom. The largest absolute Gasteiger partial charge is 0.488 e. The van der Waals surface area contributed by atoms with E-state index in [2.05, 4.69) is 4.99 Å². The van der Waals surface area contributed by atoms with Gasteiger partial charge in [-0.2, -0.15) is 0 Å². The average Bonchev–Trinajstić information content (AvgIpc) is 3.26. The number of allylic oxidation sites excluding steroid dienone is 1. The number of hydrogen-bond donors (Lipinski definition) is 0. The molecule has 0 amide bonds. The summed E-state index contributed by atoms with van der Waals surface area (Å²) in [4.78, 5) is 33.6. The van der Waals surface area contributed by atoms with Crippen molar-refractivity contribution in [3.63, 3.8) is 0 Å². The van der Waals surface area contributed by atoms with Crippen LogP contribution in [0.5, 0.6) is 5.75 Å². The van der Waals surface area contributed by atoms with Gasteiger partial charge in [0.15, 0.2) is 4.80 Å². The lowest BCUT2D eigenvalue weighted by atomic mass is 9.96. The number of para-hydroxylation sites is 1. The molecule has 5 rings (SSSR count). The number of benzene rings is 3. The lowest BCUT2D eigenvalue weighted by Gasteiger charge is -2.25. The number of ether oxygens (including phenoxy) is 2. The molecule has 0 saturated carbocycles. The van der Waals surface area contributed by atoms with Crippen LogP contribution >= 0.6 is 34.7 Å². The van der Waals surface area contributed by atoms with Crippen molar-refractivity contribution in [2.45, 2.75) is 44.4 Å². The van der Waals surface area contributed by atoms with Gasteiger partial charge in [0.05, 0.1) is 27.9 Å². The van der Waals surface area contributed by atoms with E-state index >= 15 is 0 Å². The van der Waals surface area contributed by atoms with Gasteiger partial charge in [-0.1, -0.05) is 65.4 Å². The molecule has 2 heterocycles. The number of nitrogens with zero attached hydrogens (tertiary/aromatic N) is 2. The van der Waals surface area contributed by atoms with Gasteiger partial charge in [0, 0.05) is 15.5 Å². The molecule has 1 aliphatic heterocycles. The summed E-state index contributed by atoms with van der Waals surface area (Å²) in [6, 6.07) is 22.3. The Balaban J connectivity index is 1.59. The number of carbonyl (C=O) groups is 1. The van der Waals surface area contributed by atoms with Crippen LogP contribution in [-0.4, -0.2) is 22.9 Å². The third kappa shape index (κ3) is 6.35. The van der Waals surface area contributed by atoms with Crippen LogP contribution < -0.4 is 19.6 Å². The smallest absolute Gasteiger partial charge is 0.338 e. The standard InChI is InChI=1S/C32H29ClN2O4S2/c1-19(2)39-31(37)28-20(3)34-32-35(29(28)22-11-15-25(40-4)16-12-22)30(36)27(41-32)17-23-7-5-6-8-26(23)38-18-21-9-13-24(33)14-10-21/h5-17,19,29H,18H2,1-4H3/b27-17+/t29-/m0/s1. The molecule has 0 bridgehead atoms. The summed E-state index contributed by atoms with van der Waals surface area (Å²) in [6.07, 6.45) is 3.52. The molecule has 1 atom stereocenters. The fourth-order valence-electron chi connectivity index (χ4n) is 4.58. The van der Waals surface area contributed by atoms with Crippen LogP contribution in [0.4, 0.5) is 0 Å². The molecule has 9 heteroatoms. The summed E-state index contributed by atoms with van der Waals surface area (Å²) in [5.74, 6) is 0.172. The zero-order chi connectivity index (χ0) is 29.1. The van der Waals surface area contributed by atoms with Crippen molar-refractivity contribution >= 4 is 46.7 Å². The van der Waals surface area contributed by atoms with Gasteiger partial charge >= 0.3 is 5.97 Å². The highest BCUT2D eigenvalue weighted by atomic mass is 35.5. The van der Waals surface area contributed by atoms with Crippen LogP contribution in [0.1, 0.15) is 43.5 Å². The number of thiazole rings is 1. The highest BCUT2D eigenvalue weighted by molar-refractivity contribution is 7.98. The van der Waals surface area contributed by atoms with Crippen molar-refractivity contribution in [1.82, 2.24) is 4.57 Å². The second kappa shape index (κ2) is 12.5. The van der Waals surface area contributed by atoms with E-state index in [-0.39, 0.29) is 11.7 Å². The van der Waals surface area contributed by atoms with E-state index < -0.39 is 12.0 Å². The second-order valence-corrected chi connectivity index (χ2v) is 12.1. The number of aromatic nitrogens is 1. The molecular weight excluding hydrogens is 576 g/mol. The predicted molar refractivity (Wildman–Crippen MR) is 165 cm³/mol. The zero-order valence-corrected chi connectivity index (χ0v) is 25.5. The van der Waals surface area contributed by atoms with Gasteiger partial charge in [-0.25, -0.2) is 9.79 Å². The molecule has 0 spiro atoms. The summed E-state index contributed by atoms with van der Waals surface area (Å²) in [5, 5.41) is 0.666. The van der Waals surface area contributed by atoms with Gasteiger partial charge in [-0.15, -0.1) is 11.8 Å². The number of rotatable bonds is 8. The molecule has 0 radical (unpaired) electrons. The lowest BCUT2D eigenvalue weighted by Crippen LogP contribution is -2.40. The number of thioether (sulfide) groups is 1. The molecule has 6 nitrogen and oxygen atoms in total. The maximum absolute atomic E-state index is 14.0. The third-order valence-electron chi connectivity index (χ3n) is 6.53. The van der Waals surface area contributed by atoms with Crippen LogP contribution in [0.15, 0.2) is 98.7 Å². The molecule has 0 N–H and O–H groups in total. The Morgan fingerprint density at radius 1 is 1.10 bits per heavy atom. The van der Waals surface area contributed by atoms with E-state index in [0.717, 1.165) is 21.6 Å². The van der Waals surface area contributed by atoms with Gasteiger partial charge in [0.25, 0.3) is 5.56 Å². The predicted octanol–water partition coefficient (Wildman–Crippen LogP) is 6.14. The quantitative estimate of drug-likeness (QED) is 0.178. The van der Waals surface area contributed by atoms with Crippen LogP contribution in [0.25, 0.3) is 6.08 Å².